The van der Waals surface area contributed by atoms with Gasteiger partial charge in [0.2, 0.25) is 5.91 Å². The first-order valence-corrected chi connectivity index (χ1v) is 10.9. The van der Waals surface area contributed by atoms with Gasteiger partial charge in [-0.15, -0.1) is 11.3 Å². The van der Waals surface area contributed by atoms with Crippen molar-refractivity contribution < 1.29 is 9.21 Å². The molecule has 0 fully saturated rings. The van der Waals surface area contributed by atoms with Gasteiger partial charge in [0.05, 0.1) is 0 Å². The number of hydrogen-bond donors (Lipinski definition) is 1. The van der Waals surface area contributed by atoms with Gasteiger partial charge >= 0.3 is 0 Å². The van der Waals surface area contributed by atoms with Crippen LogP contribution in [0.3, 0.4) is 0 Å². The summed E-state index contributed by atoms with van der Waals surface area (Å²) in [5.74, 6) is 0.859. The van der Waals surface area contributed by atoms with E-state index in [4.69, 9.17) is 16.0 Å². The number of carbonyl (C=O) groups is 1. The van der Waals surface area contributed by atoms with Gasteiger partial charge in [-0.1, -0.05) is 49.7 Å². The Bertz CT molecular complexity index is 1210. The van der Waals surface area contributed by atoms with E-state index in [1.165, 1.54) is 28.5 Å². The number of halogens is 1. The third kappa shape index (κ3) is 4.99. The molecule has 2 aromatic heterocycles. The lowest BCUT2D eigenvalue weighted by atomic mass is 10.0. The average Bonchev–Trinajstić information content (AvgIpc) is 3.32. The SMILES string of the molecule is CC(C)c1ccc(Cc2cnc(NC(=O)/C=C/c3cc4cc(Cl)ccc4o3)s2)cc1. The van der Waals surface area contributed by atoms with Crippen LogP contribution >= 0.6 is 22.9 Å². The summed E-state index contributed by atoms with van der Waals surface area (Å²) in [4.78, 5) is 17.6. The molecule has 0 saturated heterocycles. The standard InChI is InChI=1S/C24H21ClN2O2S/c1-15(2)17-5-3-16(4-6-17)11-21-14-26-24(30-21)27-23(28)10-8-20-13-18-12-19(25)7-9-22(18)29-20/h3-10,12-15H,11H2,1-2H3,(H,26,27,28)/b10-8+. The lowest BCUT2D eigenvalue weighted by molar-refractivity contribution is -0.111. The second kappa shape index (κ2) is 8.86. The highest BCUT2D eigenvalue weighted by Crippen LogP contribution is 2.25. The van der Waals surface area contributed by atoms with Crippen LogP contribution in [0.5, 0.6) is 0 Å². The fourth-order valence-corrected chi connectivity index (χ4v) is 4.12. The average molecular weight is 437 g/mol. The predicted molar refractivity (Wildman–Crippen MR) is 124 cm³/mol. The first kappa shape index (κ1) is 20.4. The van der Waals surface area contributed by atoms with Gasteiger partial charge in [-0.25, -0.2) is 4.98 Å². The molecule has 2 aromatic carbocycles. The van der Waals surface area contributed by atoms with E-state index in [0.717, 1.165) is 22.3 Å². The second-order valence-electron chi connectivity index (χ2n) is 7.36. The number of nitrogens with one attached hydrogen (secondary N) is 1. The molecule has 4 rings (SSSR count). The molecule has 0 atom stereocenters. The molecule has 1 amide bonds. The minimum absolute atomic E-state index is 0.254. The van der Waals surface area contributed by atoms with Crippen LogP contribution < -0.4 is 5.32 Å². The normalized spacial score (nSPS) is 11.6. The third-order valence-corrected chi connectivity index (χ3v) is 5.85. The molecule has 4 nitrogen and oxygen atoms in total. The summed E-state index contributed by atoms with van der Waals surface area (Å²) < 4.78 is 5.68. The molecule has 30 heavy (non-hydrogen) atoms. The van der Waals surface area contributed by atoms with Crippen LogP contribution in [0.1, 0.15) is 41.5 Å². The molecular weight excluding hydrogens is 416 g/mol. The van der Waals surface area contributed by atoms with Crippen molar-refractivity contribution in [3.63, 3.8) is 0 Å². The van der Waals surface area contributed by atoms with Gasteiger partial charge < -0.3 is 4.42 Å². The predicted octanol–water partition coefficient (Wildman–Crippen LogP) is 6.91. The zero-order valence-electron chi connectivity index (χ0n) is 16.7. The van der Waals surface area contributed by atoms with E-state index in [2.05, 4.69) is 48.4 Å². The highest BCUT2D eigenvalue weighted by atomic mass is 35.5. The lowest BCUT2D eigenvalue weighted by Crippen LogP contribution is -2.06. The maximum absolute atomic E-state index is 12.2. The number of hydrogen-bond acceptors (Lipinski definition) is 4. The molecule has 6 heteroatoms. The number of anilines is 1. The molecule has 0 aliphatic heterocycles. The highest BCUT2D eigenvalue weighted by molar-refractivity contribution is 7.15. The number of aromatic nitrogens is 1. The van der Waals surface area contributed by atoms with Gasteiger partial charge in [0.25, 0.3) is 0 Å². The number of amides is 1. The maximum atomic E-state index is 12.2. The number of carbonyl (C=O) groups excluding carboxylic acids is 1. The minimum atomic E-state index is -0.254. The van der Waals surface area contributed by atoms with Crippen LogP contribution in [0.2, 0.25) is 5.02 Å². The summed E-state index contributed by atoms with van der Waals surface area (Å²) in [5, 5.41) is 4.92. The van der Waals surface area contributed by atoms with Gasteiger partial charge in [-0.2, -0.15) is 0 Å². The smallest absolute Gasteiger partial charge is 0.250 e. The van der Waals surface area contributed by atoms with Crippen molar-refractivity contribution >= 4 is 51.0 Å². The van der Waals surface area contributed by atoms with Crippen LogP contribution in [-0.4, -0.2) is 10.9 Å². The van der Waals surface area contributed by atoms with Crippen molar-refractivity contribution in [3.05, 3.63) is 87.6 Å². The molecule has 0 aliphatic carbocycles. The monoisotopic (exact) mass is 436 g/mol. The third-order valence-electron chi connectivity index (χ3n) is 4.70. The molecule has 1 N–H and O–H groups in total. The van der Waals surface area contributed by atoms with Crippen LogP contribution in [-0.2, 0) is 11.2 Å². The second-order valence-corrected chi connectivity index (χ2v) is 8.91. The van der Waals surface area contributed by atoms with Crippen molar-refractivity contribution in [2.45, 2.75) is 26.2 Å². The van der Waals surface area contributed by atoms with E-state index in [9.17, 15) is 4.79 Å². The summed E-state index contributed by atoms with van der Waals surface area (Å²) >= 11 is 7.47. The van der Waals surface area contributed by atoms with E-state index >= 15 is 0 Å². The zero-order chi connectivity index (χ0) is 21.1. The first-order valence-electron chi connectivity index (χ1n) is 9.68. The van der Waals surface area contributed by atoms with E-state index < -0.39 is 0 Å². The van der Waals surface area contributed by atoms with Gasteiger partial charge in [0.1, 0.15) is 11.3 Å². The fraction of sp³-hybridized carbons (Fsp3) is 0.167. The Kier molecular flexibility index (Phi) is 6.02. The van der Waals surface area contributed by atoms with Crippen molar-refractivity contribution in [3.8, 4) is 0 Å². The molecule has 0 aliphatic rings. The van der Waals surface area contributed by atoms with Gasteiger partial charge in [-0.05, 0) is 47.4 Å². The van der Waals surface area contributed by atoms with Crippen molar-refractivity contribution in [1.29, 1.82) is 0 Å². The van der Waals surface area contributed by atoms with Crippen molar-refractivity contribution in [2.75, 3.05) is 5.32 Å². The van der Waals surface area contributed by atoms with E-state index in [1.54, 1.807) is 12.1 Å². The Morgan fingerprint density at radius 1 is 1.20 bits per heavy atom. The topological polar surface area (TPSA) is 55.1 Å². The van der Waals surface area contributed by atoms with Crippen LogP contribution in [0.25, 0.3) is 17.0 Å². The van der Waals surface area contributed by atoms with Crippen LogP contribution in [0.15, 0.2) is 65.2 Å². The van der Waals surface area contributed by atoms with Gasteiger partial charge in [0.15, 0.2) is 5.13 Å². The molecule has 0 spiro atoms. The molecule has 0 saturated carbocycles. The van der Waals surface area contributed by atoms with E-state index in [1.807, 2.05) is 24.4 Å². The highest BCUT2D eigenvalue weighted by Gasteiger charge is 2.07. The number of fused-ring (bicyclic) bond motifs is 1. The summed E-state index contributed by atoms with van der Waals surface area (Å²) in [6.45, 7) is 4.37. The van der Waals surface area contributed by atoms with Crippen LogP contribution in [0, 0.1) is 0 Å². The van der Waals surface area contributed by atoms with Crippen LogP contribution in [0.4, 0.5) is 5.13 Å². The van der Waals surface area contributed by atoms with E-state index in [-0.39, 0.29) is 5.91 Å². The number of thiazole rings is 1. The van der Waals surface area contributed by atoms with Gasteiger partial charge in [0, 0.05) is 34.0 Å². The number of nitrogens with zero attached hydrogens (tertiary/aromatic N) is 1. The Morgan fingerprint density at radius 3 is 2.77 bits per heavy atom. The molecule has 4 aromatic rings. The summed E-state index contributed by atoms with van der Waals surface area (Å²) in [5.41, 5.74) is 3.28. The molecule has 0 bridgehead atoms. The first-order chi connectivity index (χ1) is 14.5. The molecule has 0 radical (unpaired) electrons. The zero-order valence-corrected chi connectivity index (χ0v) is 18.3. The molecule has 2 heterocycles. The summed E-state index contributed by atoms with van der Waals surface area (Å²) in [6, 6.07) is 15.9. The quantitative estimate of drug-likeness (QED) is 0.334. The summed E-state index contributed by atoms with van der Waals surface area (Å²) in [6.07, 6.45) is 5.67. The van der Waals surface area contributed by atoms with Crippen molar-refractivity contribution in [1.82, 2.24) is 4.98 Å². The maximum Gasteiger partial charge on any atom is 0.250 e. The minimum Gasteiger partial charge on any atom is -0.457 e. The Morgan fingerprint density at radius 2 is 2.00 bits per heavy atom. The molecular formula is C24H21ClN2O2S. The molecule has 152 valence electrons. The number of furan rings is 1. The number of benzene rings is 2. The van der Waals surface area contributed by atoms with Crippen molar-refractivity contribution in [2.24, 2.45) is 0 Å². The Hall–Kier alpha value is -2.89. The van der Waals surface area contributed by atoms with Gasteiger partial charge in [-0.3, -0.25) is 10.1 Å². The molecule has 0 unspecified atom stereocenters. The fourth-order valence-electron chi connectivity index (χ4n) is 3.09. The van der Waals surface area contributed by atoms with E-state index in [0.29, 0.717) is 21.8 Å². The lowest BCUT2D eigenvalue weighted by Gasteiger charge is -2.06. The number of rotatable bonds is 6. The largest absolute Gasteiger partial charge is 0.457 e. The Labute approximate surface area is 184 Å². The summed E-state index contributed by atoms with van der Waals surface area (Å²) in [7, 11) is 0. The Balaban J connectivity index is 1.36.